The summed E-state index contributed by atoms with van der Waals surface area (Å²) in [6.07, 6.45) is 0.667. The average molecular weight is 445 g/mol. The molecule has 2 aromatic carbocycles. The fourth-order valence-electron chi connectivity index (χ4n) is 2.95. The molecule has 30 heavy (non-hydrogen) atoms. The monoisotopic (exact) mass is 444 g/mol. The third-order valence-corrected chi connectivity index (χ3v) is 5.91. The molecule has 0 bridgehead atoms. The number of thioether (sulfide) groups is 1. The van der Waals surface area contributed by atoms with E-state index < -0.39 is 0 Å². The molecule has 8 heteroatoms. The van der Waals surface area contributed by atoms with Crippen molar-refractivity contribution in [3.63, 3.8) is 0 Å². The van der Waals surface area contributed by atoms with Crippen molar-refractivity contribution in [3.8, 4) is 5.75 Å². The van der Waals surface area contributed by atoms with Crippen LogP contribution >= 0.6 is 23.4 Å². The molecule has 3 aromatic rings. The van der Waals surface area contributed by atoms with E-state index in [4.69, 9.17) is 16.3 Å². The van der Waals surface area contributed by atoms with Gasteiger partial charge in [-0.15, -0.1) is 10.2 Å². The maximum atomic E-state index is 12.3. The highest BCUT2D eigenvalue weighted by Gasteiger charge is 2.18. The summed E-state index contributed by atoms with van der Waals surface area (Å²) in [5.74, 6) is 1.59. The Balaban J connectivity index is 1.58. The third-order valence-electron chi connectivity index (χ3n) is 4.65. The molecule has 1 aromatic heterocycles. The van der Waals surface area contributed by atoms with E-state index in [-0.39, 0.29) is 17.8 Å². The van der Waals surface area contributed by atoms with Crippen LogP contribution in [0.2, 0.25) is 5.02 Å². The van der Waals surface area contributed by atoms with Gasteiger partial charge in [-0.25, -0.2) is 0 Å². The van der Waals surface area contributed by atoms with Crippen molar-refractivity contribution in [3.05, 3.63) is 64.4 Å². The first-order valence-corrected chi connectivity index (χ1v) is 11.1. The molecule has 1 heterocycles. The number of amides is 1. The minimum absolute atomic E-state index is 0.0881. The largest absolute Gasteiger partial charge is 0.482 e. The molecule has 0 radical (unpaired) electrons. The summed E-state index contributed by atoms with van der Waals surface area (Å²) in [5.41, 5.74) is 2.98. The lowest BCUT2D eigenvalue weighted by molar-refractivity contribution is -0.113. The summed E-state index contributed by atoms with van der Waals surface area (Å²) in [7, 11) is 1.87. The summed E-state index contributed by atoms with van der Waals surface area (Å²) in [6.45, 7) is 5.96. The van der Waals surface area contributed by atoms with E-state index in [1.165, 1.54) is 17.3 Å². The van der Waals surface area contributed by atoms with Gasteiger partial charge in [0.25, 0.3) is 0 Å². The molecule has 1 atom stereocenters. The van der Waals surface area contributed by atoms with Crippen molar-refractivity contribution in [2.24, 2.45) is 7.05 Å². The van der Waals surface area contributed by atoms with Crippen molar-refractivity contribution in [1.82, 2.24) is 14.8 Å². The van der Waals surface area contributed by atoms with Gasteiger partial charge in [0.05, 0.1) is 5.75 Å². The Morgan fingerprint density at radius 3 is 2.63 bits per heavy atom. The number of hydrogen-bond acceptors (Lipinski definition) is 5. The number of carbonyl (C=O) groups is 1. The Hall–Kier alpha value is -2.51. The summed E-state index contributed by atoms with van der Waals surface area (Å²) < 4.78 is 7.88. The fraction of sp³-hybridized carbons (Fsp3) is 0.318. The number of halogens is 1. The van der Waals surface area contributed by atoms with Crippen LogP contribution in [0.5, 0.6) is 5.75 Å². The summed E-state index contributed by atoms with van der Waals surface area (Å²) in [5, 5.41) is 12.7. The Morgan fingerprint density at radius 1 is 1.23 bits per heavy atom. The van der Waals surface area contributed by atoms with E-state index in [2.05, 4.69) is 22.4 Å². The van der Waals surface area contributed by atoms with Crippen LogP contribution in [-0.4, -0.2) is 26.4 Å². The predicted molar refractivity (Wildman–Crippen MR) is 121 cm³/mol. The van der Waals surface area contributed by atoms with E-state index in [9.17, 15) is 4.79 Å². The van der Waals surface area contributed by atoms with Crippen LogP contribution in [0.25, 0.3) is 0 Å². The second-order valence-electron chi connectivity index (χ2n) is 6.96. The molecule has 0 aliphatic heterocycles. The topological polar surface area (TPSA) is 69.0 Å². The molecule has 158 valence electrons. The SMILES string of the molecule is CCc1ccc(NC(=O)CSc2nnc(C(C)Oc3ccc(Cl)cc3C)n2C)cc1. The van der Waals surface area contributed by atoms with E-state index in [1.807, 2.05) is 61.9 Å². The first-order valence-electron chi connectivity index (χ1n) is 9.71. The second kappa shape index (κ2) is 10.00. The van der Waals surface area contributed by atoms with Crippen LogP contribution in [0.3, 0.4) is 0 Å². The first-order chi connectivity index (χ1) is 14.4. The third kappa shape index (κ3) is 5.55. The number of nitrogens with zero attached hydrogens (tertiary/aromatic N) is 3. The van der Waals surface area contributed by atoms with Gasteiger partial charge in [0.2, 0.25) is 5.91 Å². The molecule has 3 rings (SSSR count). The number of rotatable bonds is 8. The van der Waals surface area contributed by atoms with Crippen molar-refractivity contribution in [2.45, 2.75) is 38.5 Å². The standard InChI is InChI=1S/C22H25ClN4O2S/c1-5-16-6-9-18(10-7-16)24-20(28)13-30-22-26-25-21(27(22)4)15(3)29-19-11-8-17(23)12-14(19)2/h6-12,15H,5,13H2,1-4H3,(H,24,28). The highest BCUT2D eigenvalue weighted by atomic mass is 35.5. The zero-order valence-corrected chi connectivity index (χ0v) is 19.0. The molecule has 0 fully saturated rings. The van der Waals surface area contributed by atoms with Gasteiger partial charge >= 0.3 is 0 Å². The quantitative estimate of drug-likeness (QED) is 0.483. The zero-order valence-electron chi connectivity index (χ0n) is 17.5. The molecular weight excluding hydrogens is 420 g/mol. The van der Waals surface area contributed by atoms with E-state index in [1.54, 1.807) is 6.07 Å². The second-order valence-corrected chi connectivity index (χ2v) is 8.34. The maximum absolute atomic E-state index is 12.3. The Kier molecular flexibility index (Phi) is 7.39. The lowest BCUT2D eigenvalue weighted by Gasteiger charge is -2.16. The van der Waals surface area contributed by atoms with Gasteiger partial charge in [-0.3, -0.25) is 4.79 Å². The van der Waals surface area contributed by atoms with Gasteiger partial charge in [-0.05, 0) is 61.7 Å². The van der Waals surface area contributed by atoms with E-state index >= 15 is 0 Å². The van der Waals surface area contributed by atoms with Gasteiger partial charge in [-0.2, -0.15) is 0 Å². The van der Waals surface area contributed by atoms with Gasteiger partial charge in [0.1, 0.15) is 5.75 Å². The Labute approximate surface area is 186 Å². The molecular formula is C22H25ClN4O2S. The molecule has 6 nitrogen and oxygen atoms in total. The highest BCUT2D eigenvalue weighted by molar-refractivity contribution is 7.99. The summed E-state index contributed by atoms with van der Waals surface area (Å²) >= 11 is 7.34. The molecule has 0 aliphatic rings. The van der Waals surface area contributed by atoms with Gasteiger partial charge in [0.15, 0.2) is 17.1 Å². The van der Waals surface area contributed by atoms with Crippen molar-refractivity contribution in [2.75, 3.05) is 11.1 Å². The van der Waals surface area contributed by atoms with Crippen LogP contribution in [0.1, 0.15) is 36.9 Å². The van der Waals surface area contributed by atoms with Crippen molar-refractivity contribution < 1.29 is 9.53 Å². The Morgan fingerprint density at radius 2 is 1.97 bits per heavy atom. The molecule has 1 amide bonds. The number of anilines is 1. The number of nitrogens with one attached hydrogen (secondary N) is 1. The number of ether oxygens (including phenoxy) is 1. The lowest BCUT2D eigenvalue weighted by Crippen LogP contribution is -2.15. The van der Waals surface area contributed by atoms with Crippen LogP contribution in [0, 0.1) is 6.92 Å². The van der Waals surface area contributed by atoms with Crippen molar-refractivity contribution >= 4 is 35.0 Å². The minimum atomic E-state index is -0.303. The van der Waals surface area contributed by atoms with Crippen LogP contribution in [0.15, 0.2) is 47.6 Å². The first kappa shape index (κ1) is 22.2. The van der Waals surface area contributed by atoms with Gasteiger partial charge < -0.3 is 14.6 Å². The van der Waals surface area contributed by atoms with Gasteiger partial charge in [-0.1, -0.05) is 42.4 Å². The molecule has 0 saturated carbocycles. The minimum Gasteiger partial charge on any atom is -0.482 e. The molecule has 1 N–H and O–H groups in total. The molecule has 0 saturated heterocycles. The average Bonchev–Trinajstić information content (AvgIpc) is 3.09. The van der Waals surface area contributed by atoms with Crippen LogP contribution in [-0.2, 0) is 18.3 Å². The number of carbonyl (C=O) groups excluding carboxylic acids is 1. The normalized spacial score (nSPS) is 11.9. The van der Waals surface area contributed by atoms with Crippen LogP contribution in [0.4, 0.5) is 5.69 Å². The number of aryl methyl sites for hydroxylation is 2. The zero-order chi connectivity index (χ0) is 21.7. The number of aromatic nitrogens is 3. The van der Waals surface area contributed by atoms with E-state index in [0.29, 0.717) is 16.0 Å². The lowest BCUT2D eigenvalue weighted by atomic mass is 10.1. The van der Waals surface area contributed by atoms with Crippen molar-refractivity contribution in [1.29, 1.82) is 0 Å². The molecule has 0 spiro atoms. The van der Waals surface area contributed by atoms with E-state index in [0.717, 1.165) is 23.4 Å². The smallest absolute Gasteiger partial charge is 0.234 e. The fourth-order valence-corrected chi connectivity index (χ4v) is 3.89. The number of hydrogen-bond donors (Lipinski definition) is 1. The van der Waals surface area contributed by atoms with Gasteiger partial charge in [0, 0.05) is 17.8 Å². The molecule has 0 aliphatic carbocycles. The maximum Gasteiger partial charge on any atom is 0.234 e. The Bertz CT molecular complexity index is 1020. The summed E-state index contributed by atoms with van der Waals surface area (Å²) in [4.78, 5) is 12.3. The highest BCUT2D eigenvalue weighted by Crippen LogP contribution is 2.27. The number of benzene rings is 2. The van der Waals surface area contributed by atoms with Crippen LogP contribution < -0.4 is 10.1 Å². The predicted octanol–water partition coefficient (Wildman–Crippen LogP) is 5.21. The molecule has 1 unspecified atom stereocenters. The summed E-state index contributed by atoms with van der Waals surface area (Å²) in [6, 6.07) is 13.4.